The summed E-state index contributed by atoms with van der Waals surface area (Å²) in [6, 6.07) is 8.77. The van der Waals surface area contributed by atoms with E-state index in [1.807, 2.05) is 30.3 Å². The fourth-order valence-electron chi connectivity index (χ4n) is 2.90. The van der Waals surface area contributed by atoms with E-state index in [0.717, 1.165) is 10.5 Å². The fraction of sp³-hybridized carbons (Fsp3) is 0.375. The second-order valence-electron chi connectivity index (χ2n) is 5.78. The van der Waals surface area contributed by atoms with Crippen molar-refractivity contribution < 1.29 is 18.0 Å². The first kappa shape index (κ1) is 16.5. The lowest BCUT2D eigenvalue weighted by atomic mass is 10.0. The van der Waals surface area contributed by atoms with Crippen LogP contribution in [-0.2, 0) is 4.79 Å². The van der Waals surface area contributed by atoms with Crippen molar-refractivity contribution in [2.24, 2.45) is 0 Å². The number of carbonyl (C=O) groups excluding carboxylic acids is 1. The largest absolute Gasteiger partial charge is 0.406 e. The van der Waals surface area contributed by atoms with E-state index in [0.29, 0.717) is 5.82 Å². The van der Waals surface area contributed by atoms with Crippen molar-refractivity contribution in [1.29, 1.82) is 0 Å². The number of H-pyrrole nitrogens is 1. The van der Waals surface area contributed by atoms with Crippen LogP contribution < -0.4 is 5.32 Å². The Morgan fingerprint density at radius 2 is 2.08 bits per heavy atom. The highest BCUT2D eigenvalue weighted by Gasteiger charge is 2.39. The standard InChI is InChI=1S/C16H17F3N4O/c17-16(18,19)10-23-9-12(8-13(23)24)22-14(15-20-6-7-21-15)11-4-2-1-3-5-11/h1-7,12,14,22H,8-10H2,(H,20,21)/t12-,14+/m1/s1. The molecule has 1 saturated heterocycles. The minimum Gasteiger partial charge on any atom is -0.347 e. The average Bonchev–Trinajstić information content (AvgIpc) is 3.15. The molecule has 0 spiro atoms. The van der Waals surface area contributed by atoms with E-state index in [2.05, 4.69) is 15.3 Å². The van der Waals surface area contributed by atoms with Crippen LogP contribution in [0.25, 0.3) is 0 Å². The van der Waals surface area contributed by atoms with Crippen molar-refractivity contribution in [3.63, 3.8) is 0 Å². The summed E-state index contributed by atoms with van der Waals surface area (Å²) in [7, 11) is 0. The van der Waals surface area contributed by atoms with Gasteiger partial charge in [-0.25, -0.2) is 4.98 Å². The fourth-order valence-corrected chi connectivity index (χ4v) is 2.90. The normalized spacial score (nSPS) is 19.7. The number of aromatic nitrogens is 2. The van der Waals surface area contributed by atoms with Gasteiger partial charge in [0.15, 0.2) is 0 Å². The molecule has 2 heterocycles. The maximum atomic E-state index is 12.5. The number of aromatic amines is 1. The second-order valence-corrected chi connectivity index (χ2v) is 5.78. The van der Waals surface area contributed by atoms with Crippen LogP contribution >= 0.6 is 0 Å². The maximum Gasteiger partial charge on any atom is 0.406 e. The third kappa shape index (κ3) is 3.94. The van der Waals surface area contributed by atoms with E-state index in [9.17, 15) is 18.0 Å². The number of amides is 1. The Morgan fingerprint density at radius 3 is 2.71 bits per heavy atom. The van der Waals surface area contributed by atoms with Gasteiger partial charge in [-0.2, -0.15) is 13.2 Å². The van der Waals surface area contributed by atoms with Crippen LogP contribution in [0.2, 0.25) is 0 Å². The molecule has 3 rings (SSSR count). The first-order valence-corrected chi connectivity index (χ1v) is 7.57. The van der Waals surface area contributed by atoms with E-state index < -0.39 is 18.6 Å². The van der Waals surface area contributed by atoms with Gasteiger partial charge in [-0.3, -0.25) is 10.1 Å². The Hall–Kier alpha value is -2.35. The zero-order valence-corrected chi connectivity index (χ0v) is 12.8. The number of carbonyl (C=O) groups is 1. The third-order valence-corrected chi connectivity index (χ3v) is 3.91. The van der Waals surface area contributed by atoms with Crippen LogP contribution in [0.3, 0.4) is 0 Å². The number of rotatable bonds is 5. The van der Waals surface area contributed by atoms with Crippen molar-refractivity contribution >= 4 is 5.91 Å². The van der Waals surface area contributed by atoms with Crippen molar-refractivity contribution in [2.45, 2.75) is 24.7 Å². The number of hydrogen-bond acceptors (Lipinski definition) is 3. The number of nitrogens with zero attached hydrogens (tertiary/aromatic N) is 2. The van der Waals surface area contributed by atoms with Crippen molar-refractivity contribution in [1.82, 2.24) is 20.2 Å². The Labute approximate surface area is 136 Å². The van der Waals surface area contributed by atoms with Gasteiger partial charge in [-0.05, 0) is 5.56 Å². The van der Waals surface area contributed by atoms with Gasteiger partial charge in [-0.15, -0.1) is 0 Å². The molecular weight excluding hydrogens is 321 g/mol. The molecule has 0 bridgehead atoms. The van der Waals surface area contributed by atoms with Gasteiger partial charge in [0, 0.05) is 31.4 Å². The molecule has 0 unspecified atom stereocenters. The molecule has 2 aromatic rings. The van der Waals surface area contributed by atoms with Crippen LogP contribution in [0.1, 0.15) is 23.9 Å². The lowest BCUT2D eigenvalue weighted by Gasteiger charge is -2.22. The molecule has 5 nitrogen and oxygen atoms in total. The van der Waals surface area contributed by atoms with E-state index in [-0.39, 0.29) is 25.0 Å². The van der Waals surface area contributed by atoms with E-state index in [1.54, 1.807) is 12.4 Å². The summed E-state index contributed by atoms with van der Waals surface area (Å²) in [6.07, 6.45) is -1.05. The number of imidazole rings is 1. The Morgan fingerprint density at radius 1 is 1.33 bits per heavy atom. The molecule has 8 heteroatoms. The summed E-state index contributed by atoms with van der Waals surface area (Å²) >= 11 is 0. The van der Waals surface area contributed by atoms with Crippen LogP contribution in [0, 0.1) is 0 Å². The monoisotopic (exact) mass is 338 g/mol. The highest BCUT2D eigenvalue weighted by atomic mass is 19.4. The van der Waals surface area contributed by atoms with Crippen LogP contribution in [-0.4, -0.2) is 46.1 Å². The van der Waals surface area contributed by atoms with Gasteiger partial charge in [0.2, 0.25) is 5.91 Å². The van der Waals surface area contributed by atoms with E-state index in [4.69, 9.17) is 0 Å². The zero-order chi connectivity index (χ0) is 17.2. The molecule has 0 aliphatic carbocycles. The van der Waals surface area contributed by atoms with Crippen LogP contribution in [0.5, 0.6) is 0 Å². The predicted octanol–water partition coefficient (Wildman–Crippen LogP) is 2.25. The Balaban J connectivity index is 1.74. The molecule has 0 radical (unpaired) electrons. The smallest absolute Gasteiger partial charge is 0.347 e. The summed E-state index contributed by atoms with van der Waals surface area (Å²) in [5.41, 5.74) is 0.925. The van der Waals surface area contributed by atoms with Crippen molar-refractivity contribution in [3.8, 4) is 0 Å². The molecule has 1 aliphatic rings. The molecular formula is C16H17F3N4O. The first-order valence-electron chi connectivity index (χ1n) is 7.57. The van der Waals surface area contributed by atoms with Crippen molar-refractivity contribution in [3.05, 3.63) is 54.1 Å². The molecule has 1 amide bonds. The lowest BCUT2D eigenvalue weighted by Crippen LogP contribution is -2.39. The molecule has 2 N–H and O–H groups in total. The molecule has 1 aromatic carbocycles. The molecule has 1 aromatic heterocycles. The summed E-state index contributed by atoms with van der Waals surface area (Å²) in [5, 5.41) is 3.26. The SMILES string of the molecule is O=C1C[C@@H](N[C@@H](c2ccccc2)c2ncc[nH]2)CN1CC(F)(F)F. The number of nitrogens with one attached hydrogen (secondary N) is 2. The number of likely N-dealkylation sites (tertiary alicyclic amines) is 1. The van der Waals surface area contributed by atoms with E-state index in [1.165, 1.54) is 0 Å². The highest BCUT2D eigenvalue weighted by molar-refractivity contribution is 5.79. The predicted molar refractivity (Wildman–Crippen MR) is 81.0 cm³/mol. The molecule has 1 fully saturated rings. The molecule has 24 heavy (non-hydrogen) atoms. The van der Waals surface area contributed by atoms with Gasteiger partial charge >= 0.3 is 6.18 Å². The average molecular weight is 338 g/mol. The molecule has 1 aliphatic heterocycles. The molecule has 128 valence electrons. The maximum absolute atomic E-state index is 12.5. The summed E-state index contributed by atoms with van der Waals surface area (Å²) in [6.45, 7) is -1.18. The van der Waals surface area contributed by atoms with Gasteiger partial charge < -0.3 is 9.88 Å². The van der Waals surface area contributed by atoms with E-state index >= 15 is 0 Å². The minimum atomic E-state index is -4.38. The number of benzene rings is 1. The van der Waals surface area contributed by atoms with Gasteiger partial charge in [0.1, 0.15) is 12.4 Å². The summed E-state index contributed by atoms with van der Waals surface area (Å²) < 4.78 is 37.6. The quantitative estimate of drug-likeness (QED) is 0.879. The van der Waals surface area contributed by atoms with Gasteiger partial charge in [0.05, 0.1) is 6.04 Å². The zero-order valence-electron chi connectivity index (χ0n) is 12.8. The number of alkyl halides is 3. The topological polar surface area (TPSA) is 61.0 Å². The summed E-state index contributed by atoms with van der Waals surface area (Å²) in [5.74, 6) is 0.166. The number of hydrogen-bond donors (Lipinski definition) is 2. The Bertz CT molecular complexity index is 672. The highest BCUT2D eigenvalue weighted by Crippen LogP contribution is 2.24. The third-order valence-electron chi connectivity index (χ3n) is 3.91. The molecule has 0 saturated carbocycles. The lowest BCUT2D eigenvalue weighted by molar-refractivity contribution is -0.157. The van der Waals surface area contributed by atoms with Crippen molar-refractivity contribution in [2.75, 3.05) is 13.1 Å². The Kier molecular flexibility index (Phi) is 4.57. The minimum absolute atomic E-state index is 0.0301. The van der Waals surface area contributed by atoms with Gasteiger partial charge in [-0.1, -0.05) is 30.3 Å². The first-order chi connectivity index (χ1) is 11.4. The van der Waals surface area contributed by atoms with Crippen LogP contribution in [0.4, 0.5) is 13.2 Å². The number of halogens is 3. The van der Waals surface area contributed by atoms with Crippen LogP contribution in [0.15, 0.2) is 42.7 Å². The summed E-state index contributed by atoms with van der Waals surface area (Å²) in [4.78, 5) is 19.9. The second kappa shape index (κ2) is 6.64. The molecule has 2 atom stereocenters. The van der Waals surface area contributed by atoms with Gasteiger partial charge in [0.25, 0.3) is 0 Å².